The zero-order valence-corrected chi connectivity index (χ0v) is 23.9. The number of thiazole rings is 1. The number of aliphatic hydroxyl groups excluding tert-OH is 1. The molecule has 1 N–H and O–H groups in total. The summed E-state index contributed by atoms with van der Waals surface area (Å²) >= 11 is 9.99. The average Bonchev–Trinajstić information content (AvgIpc) is 3.52. The maximum Gasteiger partial charge on any atom is 0.296 e. The molecule has 40 heavy (non-hydrogen) atoms. The Bertz CT molecular complexity index is 1820. The zero-order chi connectivity index (χ0) is 28.8. The topological polar surface area (TPSA) is 148 Å². The Balaban J connectivity index is 1.58. The minimum absolute atomic E-state index is 0.0825. The number of hydrogen-bond donors (Lipinski definition) is 1. The summed E-state index contributed by atoms with van der Waals surface area (Å²) in [4.78, 5) is 42.3. The molecule has 0 saturated carbocycles. The number of sulfone groups is 1. The van der Waals surface area contributed by atoms with Crippen LogP contribution in [0, 0.1) is 10.1 Å². The lowest BCUT2D eigenvalue weighted by molar-refractivity contribution is -0.384. The molecule has 0 saturated heterocycles. The minimum Gasteiger partial charge on any atom is -0.503 e. The van der Waals surface area contributed by atoms with E-state index in [0.29, 0.717) is 26.4 Å². The fourth-order valence-electron chi connectivity index (χ4n) is 4.13. The van der Waals surface area contributed by atoms with Gasteiger partial charge in [-0.2, -0.15) is 0 Å². The highest BCUT2D eigenvalue weighted by atomic mass is 79.9. The third-order valence-corrected chi connectivity index (χ3v) is 10.00. The molecular weight excluding hydrogens is 646 g/mol. The van der Waals surface area contributed by atoms with Crippen molar-refractivity contribution in [2.24, 2.45) is 0 Å². The molecule has 14 heteroatoms. The van der Waals surface area contributed by atoms with Gasteiger partial charge in [0.25, 0.3) is 11.6 Å². The number of nitrogens with zero attached hydrogens (tertiary/aromatic N) is 3. The number of aromatic nitrogens is 1. The second-order valence-electron chi connectivity index (χ2n) is 8.45. The molecule has 4 aromatic rings. The van der Waals surface area contributed by atoms with E-state index in [0.717, 1.165) is 35.4 Å². The van der Waals surface area contributed by atoms with Gasteiger partial charge in [0, 0.05) is 27.2 Å². The number of hydrogen-bond acceptors (Lipinski definition) is 9. The van der Waals surface area contributed by atoms with Crippen molar-refractivity contribution in [3.63, 3.8) is 0 Å². The molecule has 10 nitrogen and oxygen atoms in total. The van der Waals surface area contributed by atoms with Gasteiger partial charge in [0.15, 0.2) is 16.7 Å². The average molecular weight is 661 g/mol. The number of benzene rings is 3. The Labute approximate surface area is 244 Å². The summed E-state index contributed by atoms with van der Waals surface area (Å²) < 4.78 is 26.9. The molecule has 202 valence electrons. The van der Waals surface area contributed by atoms with Crippen LogP contribution in [-0.4, -0.2) is 35.1 Å². The lowest BCUT2D eigenvalue weighted by Gasteiger charge is -2.24. The summed E-state index contributed by atoms with van der Waals surface area (Å²) in [5, 5.41) is 22.2. The molecule has 1 aromatic heterocycles. The normalized spacial score (nSPS) is 15.5. The van der Waals surface area contributed by atoms with Gasteiger partial charge in [0.05, 0.1) is 27.6 Å². The van der Waals surface area contributed by atoms with Crippen LogP contribution in [0.2, 0.25) is 5.02 Å². The molecule has 3 aromatic carbocycles. The van der Waals surface area contributed by atoms with Gasteiger partial charge in [-0.1, -0.05) is 51.0 Å². The summed E-state index contributed by atoms with van der Waals surface area (Å²) in [6.07, 6.45) is 1.05. The highest BCUT2D eigenvalue weighted by molar-refractivity contribution is 9.10. The Hall–Kier alpha value is -3.91. The molecular formula is C26H15BrClN3O7S2. The lowest BCUT2D eigenvalue weighted by atomic mass is 9.93. The number of non-ortho nitro benzene ring substituents is 1. The molecule has 1 aliphatic rings. The summed E-state index contributed by atoms with van der Waals surface area (Å²) in [5.41, 5.74) is 0.156. The second kappa shape index (κ2) is 10.6. The van der Waals surface area contributed by atoms with E-state index in [-0.39, 0.29) is 31.1 Å². The molecule has 0 aliphatic carbocycles. The Morgan fingerprint density at radius 1 is 1.10 bits per heavy atom. The quantitative estimate of drug-likeness (QED) is 0.142. The van der Waals surface area contributed by atoms with Crippen LogP contribution in [0.1, 0.15) is 22.0 Å². The van der Waals surface area contributed by atoms with Gasteiger partial charge in [-0.05, 0) is 54.1 Å². The third kappa shape index (κ3) is 4.92. The first-order valence-electron chi connectivity index (χ1n) is 11.3. The number of halogens is 2. The van der Waals surface area contributed by atoms with E-state index in [1.165, 1.54) is 24.3 Å². The SMILES string of the molecule is O=C(C1=C(O)C(=O)N(c2ncc(S(=O)(=O)c3ccc([N+](=O)[O-])cc3)s2)C1c1cccc(Br)c1)c1ccc(Cl)cc1. The Morgan fingerprint density at radius 3 is 2.40 bits per heavy atom. The second-order valence-corrected chi connectivity index (χ2v) is 13.0. The van der Waals surface area contributed by atoms with Crippen molar-refractivity contribution in [3.05, 3.63) is 121 Å². The first kappa shape index (κ1) is 27.6. The van der Waals surface area contributed by atoms with Crippen LogP contribution in [0.5, 0.6) is 0 Å². The van der Waals surface area contributed by atoms with Crippen LogP contribution in [0.25, 0.3) is 0 Å². The number of nitro benzene ring substituents is 1. The number of amides is 1. The van der Waals surface area contributed by atoms with E-state index >= 15 is 0 Å². The Morgan fingerprint density at radius 2 is 1.77 bits per heavy atom. The van der Waals surface area contributed by atoms with Crippen LogP contribution in [0.15, 0.2) is 104 Å². The van der Waals surface area contributed by atoms with E-state index in [2.05, 4.69) is 20.9 Å². The van der Waals surface area contributed by atoms with Crippen LogP contribution in [0.4, 0.5) is 10.8 Å². The van der Waals surface area contributed by atoms with Gasteiger partial charge >= 0.3 is 0 Å². The van der Waals surface area contributed by atoms with E-state index in [1.807, 2.05) is 0 Å². The van der Waals surface area contributed by atoms with Crippen molar-refractivity contribution in [3.8, 4) is 0 Å². The summed E-state index contributed by atoms with van der Waals surface area (Å²) in [5.74, 6) is -2.35. The first-order chi connectivity index (χ1) is 19.0. The number of anilines is 1. The van der Waals surface area contributed by atoms with Crippen LogP contribution >= 0.6 is 38.9 Å². The number of Topliss-reactive ketones (excluding diaryl/α,β-unsaturated/α-hetero) is 1. The van der Waals surface area contributed by atoms with Crippen molar-refractivity contribution in [1.82, 2.24) is 4.98 Å². The number of carbonyl (C=O) groups is 2. The van der Waals surface area contributed by atoms with Crippen molar-refractivity contribution in [2.45, 2.75) is 15.1 Å². The van der Waals surface area contributed by atoms with Gasteiger partial charge < -0.3 is 5.11 Å². The van der Waals surface area contributed by atoms with Gasteiger partial charge in [0.2, 0.25) is 9.84 Å². The van der Waals surface area contributed by atoms with Crippen molar-refractivity contribution in [2.75, 3.05) is 4.90 Å². The lowest BCUT2D eigenvalue weighted by Crippen LogP contribution is -2.31. The van der Waals surface area contributed by atoms with Gasteiger partial charge in [-0.15, -0.1) is 0 Å². The molecule has 0 fully saturated rings. The van der Waals surface area contributed by atoms with Gasteiger partial charge in [-0.3, -0.25) is 24.6 Å². The summed E-state index contributed by atoms with van der Waals surface area (Å²) in [7, 11) is -4.15. The van der Waals surface area contributed by atoms with Crippen molar-refractivity contribution >= 4 is 71.2 Å². The third-order valence-electron chi connectivity index (χ3n) is 6.02. The van der Waals surface area contributed by atoms with Gasteiger partial charge in [-0.25, -0.2) is 13.4 Å². The monoisotopic (exact) mass is 659 g/mol. The molecule has 2 heterocycles. The number of aliphatic hydroxyl groups is 1. The predicted octanol–water partition coefficient (Wildman–Crippen LogP) is 6.08. The molecule has 1 amide bonds. The van der Waals surface area contributed by atoms with Crippen LogP contribution in [0.3, 0.4) is 0 Å². The maximum atomic E-state index is 13.6. The number of carbonyl (C=O) groups excluding carboxylic acids is 2. The van der Waals surface area contributed by atoms with Crippen LogP contribution in [-0.2, 0) is 14.6 Å². The van der Waals surface area contributed by atoms with E-state index in [9.17, 15) is 33.2 Å². The minimum atomic E-state index is -4.15. The van der Waals surface area contributed by atoms with Crippen molar-refractivity contribution < 1.29 is 28.0 Å². The maximum absolute atomic E-state index is 13.6. The molecule has 0 bridgehead atoms. The fraction of sp³-hybridized carbons (Fsp3) is 0.0385. The molecule has 5 rings (SSSR count). The fourth-order valence-corrected chi connectivity index (χ4v) is 7.22. The molecule has 0 radical (unpaired) electrons. The number of ketones is 1. The smallest absolute Gasteiger partial charge is 0.296 e. The number of nitro groups is 1. The number of rotatable bonds is 7. The molecule has 1 unspecified atom stereocenters. The van der Waals surface area contributed by atoms with E-state index in [4.69, 9.17) is 11.6 Å². The largest absolute Gasteiger partial charge is 0.503 e. The highest BCUT2D eigenvalue weighted by Gasteiger charge is 2.46. The van der Waals surface area contributed by atoms with E-state index in [1.54, 1.807) is 24.3 Å². The zero-order valence-electron chi connectivity index (χ0n) is 19.9. The van der Waals surface area contributed by atoms with Crippen LogP contribution < -0.4 is 4.90 Å². The predicted molar refractivity (Wildman–Crippen MR) is 150 cm³/mol. The van der Waals surface area contributed by atoms with Gasteiger partial charge in [0.1, 0.15) is 4.21 Å². The Kier molecular flexibility index (Phi) is 7.31. The summed E-state index contributed by atoms with van der Waals surface area (Å²) in [6.45, 7) is 0. The summed E-state index contributed by atoms with van der Waals surface area (Å²) in [6, 6.07) is 15.9. The highest BCUT2D eigenvalue weighted by Crippen LogP contribution is 2.44. The first-order valence-corrected chi connectivity index (χ1v) is 14.7. The molecule has 1 atom stereocenters. The van der Waals surface area contributed by atoms with E-state index < -0.39 is 38.3 Å². The standard InChI is InChI=1S/C26H15BrClN3O7S2/c27-16-3-1-2-15(12-16)22-21(23(32)14-4-6-17(28)7-5-14)24(33)25(34)30(22)26-29-13-20(39-26)40(37,38)19-10-8-18(9-11-19)31(35)36/h1-13,22,33H. The van der Waals surface area contributed by atoms with Crippen molar-refractivity contribution in [1.29, 1.82) is 0 Å². The molecule has 1 aliphatic heterocycles. The molecule has 0 spiro atoms.